The Labute approximate surface area is 158 Å². The number of carbonyl (C=O) groups is 1. The minimum Gasteiger partial charge on any atom is -0.490 e. The van der Waals surface area contributed by atoms with Crippen LogP contribution in [-0.2, 0) is 11.3 Å². The van der Waals surface area contributed by atoms with E-state index in [4.69, 9.17) is 9.47 Å². The molecule has 2 aromatic rings. The number of ether oxygens (including phenoxy) is 2. The number of hydrazone groups is 1. The second kappa shape index (κ2) is 10.2. The first-order chi connectivity index (χ1) is 13.0. The Balaban J connectivity index is 1.99. The summed E-state index contributed by atoms with van der Waals surface area (Å²) < 4.78 is 12.7. The number of rotatable bonds is 9. The second-order valence-corrected chi connectivity index (χ2v) is 6.30. The Kier molecular flexibility index (Phi) is 7.61. The molecule has 0 atom stereocenters. The summed E-state index contributed by atoms with van der Waals surface area (Å²) in [7, 11) is 0. The third-order valence-corrected chi connectivity index (χ3v) is 3.46. The van der Waals surface area contributed by atoms with Crippen LogP contribution in [0.2, 0.25) is 0 Å². The van der Waals surface area contributed by atoms with Crippen molar-refractivity contribution < 1.29 is 14.3 Å². The number of nitrogens with one attached hydrogen (secondary N) is 1. The summed E-state index contributed by atoms with van der Waals surface area (Å²) in [6, 6.07) is 10.2. The molecule has 27 heavy (non-hydrogen) atoms. The third-order valence-electron chi connectivity index (χ3n) is 3.46. The highest BCUT2D eigenvalue weighted by atomic mass is 16.5. The lowest BCUT2D eigenvalue weighted by atomic mass is 10.2. The van der Waals surface area contributed by atoms with Crippen molar-refractivity contribution in [3.8, 4) is 11.5 Å². The standard InChI is InChI=1S/C20H25N3O4/c1-4-26-18-11-16(8-9-17(18)27-14-15(2)3)12-21-22-19(24)13-23-10-6-5-7-20(23)25/h5-12,15H,4,13-14H2,1-3H3,(H,22,24)/b21-12-. The molecule has 1 N–H and O–H groups in total. The summed E-state index contributed by atoms with van der Waals surface area (Å²) in [6.07, 6.45) is 3.07. The molecular weight excluding hydrogens is 346 g/mol. The fourth-order valence-electron chi connectivity index (χ4n) is 2.21. The molecule has 0 spiro atoms. The smallest absolute Gasteiger partial charge is 0.260 e. The number of amides is 1. The van der Waals surface area contributed by atoms with Crippen molar-refractivity contribution >= 4 is 12.1 Å². The molecule has 0 radical (unpaired) electrons. The Morgan fingerprint density at radius 2 is 2.04 bits per heavy atom. The van der Waals surface area contributed by atoms with Crippen molar-refractivity contribution in [1.82, 2.24) is 9.99 Å². The van der Waals surface area contributed by atoms with Crippen LogP contribution in [0, 0.1) is 5.92 Å². The van der Waals surface area contributed by atoms with Crippen molar-refractivity contribution in [1.29, 1.82) is 0 Å². The van der Waals surface area contributed by atoms with Gasteiger partial charge in [0, 0.05) is 12.3 Å². The van der Waals surface area contributed by atoms with Crippen LogP contribution < -0.4 is 20.5 Å². The number of benzene rings is 1. The molecule has 0 aliphatic rings. The van der Waals surface area contributed by atoms with E-state index in [0.717, 1.165) is 5.56 Å². The van der Waals surface area contributed by atoms with Crippen LogP contribution in [0.25, 0.3) is 0 Å². The van der Waals surface area contributed by atoms with E-state index in [0.29, 0.717) is 30.6 Å². The number of nitrogens with zero attached hydrogens (tertiary/aromatic N) is 2. The van der Waals surface area contributed by atoms with Crippen molar-refractivity contribution in [3.63, 3.8) is 0 Å². The van der Waals surface area contributed by atoms with Gasteiger partial charge in [0.15, 0.2) is 11.5 Å². The van der Waals surface area contributed by atoms with E-state index in [1.807, 2.05) is 19.1 Å². The lowest BCUT2D eigenvalue weighted by Crippen LogP contribution is -2.28. The van der Waals surface area contributed by atoms with Gasteiger partial charge in [-0.25, -0.2) is 5.43 Å². The zero-order chi connectivity index (χ0) is 19.6. The van der Waals surface area contributed by atoms with Gasteiger partial charge >= 0.3 is 0 Å². The average Bonchev–Trinajstić information content (AvgIpc) is 2.63. The molecule has 7 nitrogen and oxygen atoms in total. The minimum absolute atomic E-state index is 0.0941. The maximum atomic E-state index is 11.9. The van der Waals surface area contributed by atoms with Gasteiger partial charge in [-0.3, -0.25) is 9.59 Å². The van der Waals surface area contributed by atoms with Gasteiger partial charge in [0.1, 0.15) is 6.54 Å². The van der Waals surface area contributed by atoms with Gasteiger partial charge in [-0.2, -0.15) is 5.10 Å². The van der Waals surface area contributed by atoms with E-state index in [2.05, 4.69) is 24.4 Å². The van der Waals surface area contributed by atoms with Crippen molar-refractivity contribution in [2.24, 2.45) is 11.0 Å². The van der Waals surface area contributed by atoms with Gasteiger partial charge in [0.2, 0.25) is 0 Å². The van der Waals surface area contributed by atoms with Gasteiger partial charge in [-0.15, -0.1) is 0 Å². The lowest BCUT2D eigenvalue weighted by Gasteiger charge is -2.13. The number of aromatic nitrogens is 1. The van der Waals surface area contributed by atoms with E-state index < -0.39 is 0 Å². The highest BCUT2D eigenvalue weighted by molar-refractivity contribution is 5.83. The number of hydrogen-bond acceptors (Lipinski definition) is 5. The topological polar surface area (TPSA) is 81.9 Å². The molecule has 144 valence electrons. The highest BCUT2D eigenvalue weighted by Crippen LogP contribution is 2.28. The molecule has 0 bridgehead atoms. The van der Waals surface area contributed by atoms with Crippen LogP contribution in [0.1, 0.15) is 26.3 Å². The zero-order valence-corrected chi connectivity index (χ0v) is 15.8. The largest absolute Gasteiger partial charge is 0.490 e. The molecule has 0 fully saturated rings. The predicted octanol–water partition coefficient (Wildman–Crippen LogP) is 2.43. The van der Waals surface area contributed by atoms with Crippen LogP contribution in [0.15, 0.2) is 52.5 Å². The molecule has 7 heteroatoms. The fourth-order valence-corrected chi connectivity index (χ4v) is 2.21. The Morgan fingerprint density at radius 3 is 2.74 bits per heavy atom. The van der Waals surface area contributed by atoms with E-state index in [-0.39, 0.29) is 18.0 Å². The predicted molar refractivity (Wildman–Crippen MR) is 104 cm³/mol. The monoisotopic (exact) mass is 371 g/mol. The summed E-state index contributed by atoms with van der Waals surface area (Å²) in [5.74, 6) is 1.33. The highest BCUT2D eigenvalue weighted by Gasteiger charge is 2.07. The zero-order valence-electron chi connectivity index (χ0n) is 15.8. The fraction of sp³-hybridized carbons (Fsp3) is 0.350. The molecular formula is C20H25N3O4. The Morgan fingerprint density at radius 1 is 1.22 bits per heavy atom. The summed E-state index contributed by atoms with van der Waals surface area (Å²) in [5, 5.41) is 3.94. The number of hydrogen-bond donors (Lipinski definition) is 1. The minimum atomic E-state index is -0.388. The van der Waals surface area contributed by atoms with E-state index in [1.54, 1.807) is 24.4 Å². The Hall–Kier alpha value is -3.09. The van der Waals surface area contributed by atoms with Crippen molar-refractivity contribution in [2.75, 3.05) is 13.2 Å². The Bertz CT molecular complexity index is 843. The molecule has 0 unspecified atom stereocenters. The summed E-state index contributed by atoms with van der Waals surface area (Å²) in [5.41, 5.74) is 2.93. The molecule has 2 rings (SSSR count). The quantitative estimate of drug-likeness (QED) is 0.542. The third kappa shape index (κ3) is 6.62. The van der Waals surface area contributed by atoms with Crippen LogP contribution in [0.4, 0.5) is 0 Å². The molecule has 1 heterocycles. The maximum absolute atomic E-state index is 11.9. The first-order valence-electron chi connectivity index (χ1n) is 8.86. The average molecular weight is 371 g/mol. The van der Waals surface area contributed by atoms with Gasteiger partial charge in [0.05, 0.1) is 19.4 Å². The van der Waals surface area contributed by atoms with Gasteiger partial charge in [0.25, 0.3) is 11.5 Å². The molecule has 0 aliphatic carbocycles. The molecule has 1 aromatic heterocycles. The van der Waals surface area contributed by atoms with E-state index >= 15 is 0 Å². The molecule has 1 amide bonds. The number of carbonyl (C=O) groups excluding carboxylic acids is 1. The second-order valence-electron chi connectivity index (χ2n) is 6.30. The van der Waals surface area contributed by atoms with Crippen LogP contribution in [-0.4, -0.2) is 29.9 Å². The summed E-state index contributed by atoms with van der Waals surface area (Å²) in [4.78, 5) is 23.5. The van der Waals surface area contributed by atoms with Gasteiger partial charge < -0.3 is 14.0 Å². The lowest BCUT2D eigenvalue weighted by molar-refractivity contribution is -0.121. The normalized spacial score (nSPS) is 11.0. The van der Waals surface area contributed by atoms with Crippen LogP contribution >= 0.6 is 0 Å². The molecule has 0 saturated heterocycles. The molecule has 0 aliphatic heterocycles. The SMILES string of the molecule is CCOc1cc(/C=N\NC(=O)Cn2ccccc2=O)ccc1OCC(C)C. The van der Waals surface area contributed by atoms with E-state index in [1.165, 1.54) is 16.8 Å². The first kappa shape index (κ1) is 20.2. The van der Waals surface area contributed by atoms with Gasteiger partial charge in [-0.1, -0.05) is 19.9 Å². The molecule has 1 aromatic carbocycles. The summed E-state index contributed by atoms with van der Waals surface area (Å²) in [6.45, 7) is 7.08. The van der Waals surface area contributed by atoms with Crippen LogP contribution in [0.5, 0.6) is 11.5 Å². The maximum Gasteiger partial charge on any atom is 0.260 e. The van der Waals surface area contributed by atoms with Crippen molar-refractivity contribution in [3.05, 3.63) is 58.5 Å². The van der Waals surface area contributed by atoms with E-state index in [9.17, 15) is 9.59 Å². The van der Waals surface area contributed by atoms with Crippen LogP contribution in [0.3, 0.4) is 0 Å². The summed E-state index contributed by atoms with van der Waals surface area (Å²) >= 11 is 0. The first-order valence-corrected chi connectivity index (χ1v) is 8.86. The number of pyridine rings is 1. The van der Waals surface area contributed by atoms with Crippen molar-refractivity contribution in [2.45, 2.75) is 27.3 Å². The van der Waals surface area contributed by atoms with Gasteiger partial charge in [-0.05, 0) is 42.7 Å². The molecule has 0 saturated carbocycles.